The number of rotatable bonds is 3. The van der Waals surface area contributed by atoms with Gasteiger partial charge in [0.2, 0.25) is 0 Å². The van der Waals surface area contributed by atoms with Gasteiger partial charge in [-0.1, -0.05) is 31.2 Å². The van der Waals surface area contributed by atoms with Crippen molar-refractivity contribution in [3.8, 4) is 0 Å². The van der Waals surface area contributed by atoms with E-state index in [4.69, 9.17) is 5.73 Å². The molecule has 1 aliphatic heterocycles. The summed E-state index contributed by atoms with van der Waals surface area (Å²) in [5.41, 5.74) is 9.22. The Hall–Kier alpha value is -0.280. The van der Waals surface area contributed by atoms with Gasteiger partial charge in [0.15, 0.2) is 0 Å². The molecule has 102 valence electrons. The maximum atomic E-state index is 6.20. The Morgan fingerprint density at radius 2 is 1.83 bits per heavy atom. The fourth-order valence-electron chi connectivity index (χ4n) is 2.89. The smallest absolute Gasteiger partial charge is 0.0328 e. The SMILES string of the molecule is CCc1ccc(CN2CC3CC3(N)C2)cc1.Cl.Cl. The second-order valence-electron chi connectivity index (χ2n) is 5.47. The molecule has 1 heterocycles. The summed E-state index contributed by atoms with van der Waals surface area (Å²) >= 11 is 0. The van der Waals surface area contributed by atoms with Gasteiger partial charge in [-0.05, 0) is 29.9 Å². The van der Waals surface area contributed by atoms with Crippen LogP contribution in [0.1, 0.15) is 24.5 Å². The lowest BCUT2D eigenvalue weighted by atomic mass is 10.1. The van der Waals surface area contributed by atoms with E-state index in [1.165, 1.54) is 24.1 Å². The molecule has 3 rings (SSSR count). The number of fused-ring (bicyclic) bond motifs is 1. The maximum Gasteiger partial charge on any atom is 0.0328 e. The van der Waals surface area contributed by atoms with Crippen LogP contribution in [-0.2, 0) is 13.0 Å². The van der Waals surface area contributed by atoms with Crippen LogP contribution in [0.4, 0.5) is 0 Å². The van der Waals surface area contributed by atoms with Crippen molar-refractivity contribution in [3.63, 3.8) is 0 Å². The van der Waals surface area contributed by atoms with Crippen LogP contribution in [0.5, 0.6) is 0 Å². The highest BCUT2D eigenvalue weighted by Crippen LogP contribution is 2.47. The van der Waals surface area contributed by atoms with Gasteiger partial charge in [-0.25, -0.2) is 0 Å². The van der Waals surface area contributed by atoms with Gasteiger partial charge in [-0.2, -0.15) is 0 Å². The Morgan fingerprint density at radius 3 is 2.33 bits per heavy atom. The fourth-order valence-corrected chi connectivity index (χ4v) is 2.89. The average molecular weight is 289 g/mol. The molecular weight excluding hydrogens is 267 g/mol. The molecule has 0 spiro atoms. The third-order valence-electron chi connectivity index (χ3n) is 4.11. The Balaban J connectivity index is 0.000000810. The van der Waals surface area contributed by atoms with Crippen molar-refractivity contribution in [3.05, 3.63) is 35.4 Å². The zero-order chi connectivity index (χ0) is 11.2. The molecule has 2 unspecified atom stereocenters. The van der Waals surface area contributed by atoms with E-state index in [-0.39, 0.29) is 30.4 Å². The number of benzene rings is 1. The molecule has 2 fully saturated rings. The van der Waals surface area contributed by atoms with E-state index in [0.717, 1.165) is 25.4 Å². The van der Waals surface area contributed by atoms with Gasteiger partial charge >= 0.3 is 0 Å². The number of hydrogen-bond donors (Lipinski definition) is 1. The van der Waals surface area contributed by atoms with Crippen LogP contribution in [-0.4, -0.2) is 23.5 Å². The number of nitrogens with two attached hydrogens (primary N) is 1. The van der Waals surface area contributed by atoms with E-state index in [0.29, 0.717) is 0 Å². The topological polar surface area (TPSA) is 29.3 Å². The van der Waals surface area contributed by atoms with E-state index < -0.39 is 0 Å². The summed E-state index contributed by atoms with van der Waals surface area (Å²) in [6.07, 6.45) is 2.37. The first-order valence-corrected chi connectivity index (χ1v) is 6.29. The summed E-state index contributed by atoms with van der Waals surface area (Å²) < 4.78 is 0. The minimum absolute atomic E-state index is 0. The molecule has 1 aromatic carbocycles. The molecule has 2 N–H and O–H groups in total. The monoisotopic (exact) mass is 288 g/mol. The highest BCUT2D eigenvalue weighted by Gasteiger charge is 2.56. The molecule has 2 atom stereocenters. The van der Waals surface area contributed by atoms with Crippen molar-refractivity contribution < 1.29 is 0 Å². The molecule has 2 aliphatic rings. The molecule has 0 radical (unpaired) electrons. The molecule has 0 bridgehead atoms. The van der Waals surface area contributed by atoms with Crippen molar-refractivity contribution in [2.24, 2.45) is 11.7 Å². The van der Waals surface area contributed by atoms with Gasteiger partial charge in [0.05, 0.1) is 0 Å². The van der Waals surface area contributed by atoms with Crippen LogP contribution in [0.3, 0.4) is 0 Å². The van der Waals surface area contributed by atoms with Crippen LogP contribution in [0.2, 0.25) is 0 Å². The van der Waals surface area contributed by atoms with Gasteiger partial charge in [-0.3, -0.25) is 4.90 Å². The van der Waals surface area contributed by atoms with E-state index >= 15 is 0 Å². The molecule has 1 saturated carbocycles. The Morgan fingerprint density at radius 1 is 1.22 bits per heavy atom. The van der Waals surface area contributed by atoms with E-state index in [9.17, 15) is 0 Å². The molecule has 18 heavy (non-hydrogen) atoms. The third-order valence-corrected chi connectivity index (χ3v) is 4.11. The second-order valence-corrected chi connectivity index (χ2v) is 5.47. The standard InChI is InChI=1S/C14H20N2.2ClH/c1-2-11-3-5-12(6-4-11)8-16-9-13-7-14(13,15)10-16;;/h3-6,13H,2,7-10,15H2,1H3;2*1H. The van der Waals surface area contributed by atoms with E-state index in [1.54, 1.807) is 0 Å². The van der Waals surface area contributed by atoms with Crippen molar-refractivity contribution in [1.29, 1.82) is 0 Å². The number of hydrogen-bond acceptors (Lipinski definition) is 2. The van der Waals surface area contributed by atoms with Crippen LogP contribution in [0.15, 0.2) is 24.3 Å². The first-order chi connectivity index (χ1) is 7.69. The summed E-state index contributed by atoms with van der Waals surface area (Å²) in [5, 5.41) is 0. The summed E-state index contributed by atoms with van der Waals surface area (Å²) in [6, 6.07) is 8.99. The molecule has 4 heteroatoms. The minimum atomic E-state index is 0. The number of nitrogens with zero attached hydrogens (tertiary/aromatic N) is 1. The summed E-state index contributed by atoms with van der Waals surface area (Å²) in [7, 11) is 0. The van der Waals surface area contributed by atoms with Crippen molar-refractivity contribution in [2.75, 3.05) is 13.1 Å². The first-order valence-electron chi connectivity index (χ1n) is 6.29. The minimum Gasteiger partial charge on any atom is -0.324 e. The quantitative estimate of drug-likeness (QED) is 0.927. The molecule has 0 aromatic heterocycles. The highest BCUT2D eigenvalue weighted by molar-refractivity contribution is 5.85. The molecular formula is C14H22Cl2N2. The van der Waals surface area contributed by atoms with Gasteiger partial charge in [0.25, 0.3) is 0 Å². The Labute approximate surface area is 122 Å². The number of likely N-dealkylation sites (tertiary alicyclic amines) is 1. The van der Waals surface area contributed by atoms with E-state index in [1.807, 2.05) is 0 Å². The largest absolute Gasteiger partial charge is 0.324 e. The molecule has 1 aliphatic carbocycles. The lowest BCUT2D eigenvalue weighted by Crippen LogP contribution is -2.32. The Bertz CT molecular complexity index is 393. The van der Waals surface area contributed by atoms with Crippen LogP contribution < -0.4 is 5.73 Å². The average Bonchev–Trinajstić information content (AvgIpc) is 2.79. The number of aryl methyl sites for hydroxylation is 1. The number of piperidine rings is 1. The Kier molecular flexibility index (Phi) is 5.07. The molecule has 1 aromatic rings. The third kappa shape index (κ3) is 3.00. The van der Waals surface area contributed by atoms with Gasteiger partial charge < -0.3 is 5.73 Å². The first kappa shape index (κ1) is 15.8. The predicted molar refractivity (Wildman–Crippen MR) is 80.6 cm³/mol. The molecule has 1 saturated heterocycles. The van der Waals surface area contributed by atoms with Gasteiger partial charge in [0, 0.05) is 25.2 Å². The van der Waals surface area contributed by atoms with Crippen LogP contribution in [0, 0.1) is 5.92 Å². The van der Waals surface area contributed by atoms with Gasteiger partial charge in [0.1, 0.15) is 0 Å². The summed E-state index contributed by atoms with van der Waals surface area (Å²) in [4.78, 5) is 2.50. The summed E-state index contributed by atoms with van der Waals surface area (Å²) in [6.45, 7) is 5.56. The molecule has 2 nitrogen and oxygen atoms in total. The summed E-state index contributed by atoms with van der Waals surface area (Å²) in [5.74, 6) is 0.780. The maximum absolute atomic E-state index is 6.20. The van der Waals surface area contributed by atoms with E-state index in [2.05, 4.69) is 36.1 Å². The lowest BCUT2D eigenvalue weighted by Gasteiger charge is -2.19. The van der Waals surface area contributed by atoms with Crippen LogP contribution in [0.25, 0.3) is 0 Å². The normalized spacial score (nSPS) is 29.1. The van der Waals surface area contributed by atoms with Gasteiger partial charge in [-0.15, -0.1) is 24.8 Å². The van der Waals surface area contributed by atoms with Crippen molar-refractivity contribution in [1.82, 2.24) is 4.90 Å². The molecule has 0 amide bonds. The number of halogens is 2. The second kappa shape index (κ2) is 5.79. The van der Waals surface area contributed by atoms with Crippen molar-refractivity contribution >= 4 is 24.8 Å². The fraction of sp³-hybridized carbons (Fsp3) is 0.571. The highest BCUT2D eigenvalue weighted by atomic mass is 35.5. The zero-order valence-corrected chi connectivity index (χ0v) is 12.4. The van der Waals surface area contributed by atoms with Crippen LogP contribution >= 0.6 is 24.8 Å². The zero-order valence-electron chi connectivity index (χ0n) is 10.8. The van der Waals surface area contributed by atoms with Crippen molar-refractivity contribution in [2.45, 2.75) is 31.8 Å². The lowest BCUT2D eigenvalue weighted by molar-refractivity contribution is 0.290. The predicted octanol–water partition coefficient (Wildman–Crippen LogP) is 2.63.